The number of aromatic nitrogens is 3. The Morgan fingerprint density at radius 1 is 0.960 bits per heavy atom. The second-order valence-electron chi connectivity index (χ2n) is 6.54. The molecule has 1 fully saturated rings. The lowest BCUT2D eigenvalue weighted by atomic mass is 10.1. The minimum Gasteiger partial charge on any atom is -0.351 e. The first-order valence-corrected chi connectivity index (χ1v) is 8.59. The molecule has 0 atom stereocenters. The molecule has 25 heavy (non-hydrogen) atoms. The minimum absolute atomic E-state index is 0.493. The predicted octanol–water partition coefficient (Wildman–Crippen LogP) is 4.47. The molecule has 0 bridgehead atoms. The second kappa shape index (κ2) is 6.51. The molecular formula is C20H21N5. The van der Waals surface area contributed by atoms with Crippen molar-refractivity contribution in [1.82, 2.24) is 15.0 Å². The number of nitrogens with one attached hydrogen (secondary N) is 2. The summed E-state index contributed by atoms with van der Waals surface area (Å²) in [6.45, 7) is 4.18. The number of hydrogen-bond acceptors (Lipinski definition) is 5. The molecule has 0 spiro atoms. The van der Waals surface area contributed by atoms with Crippen molar-refractivity contribution in [2.45, 2.75) is 32.7 Å². The van der Waals surface area contributed by atoms with Gasteiger partial charge in [0.15, 0.2) is 0 Å². The molecular weight excluding hydrogens is 310 g/mol. The minimum atomic E-state index is 0.493. The van der Waals surface area contributed by atoms with Gasteiger partial charge in [-0.25, -0.2) is 4.98 Å². The van der Waals surface area contributed by atoms with E-state index >= 15 is 0 Å². The SMILES string of the molecule is Cc1ccc(C)c(Nc2cc(-c3ccccn3)nc(NC3CC3)n2)c1. The maximum absolute atomic E-state index is 4.64. The fourth-order valence-electron chi connectivity index (χ4n) is 2.64. The van der Waals surface area contributed by atoms with E-state index in [1.165, 1.54) is 24.0 Å². The van der Waals surface area contributed by atoms with Gasteiger partial charge in [-0.15, -0.1) is 0 Å². The van der Waals surface area contributed by atoms with Crippen LogP contribution in [-0.2, 0) is 0 Å². The van der Waals surface area contributed by atoms with E-state index in [1.807, 2.05) is 24.3 Å². The lowest BCUT2D eigenvalue weighted by Crippen LogP contribution is -2.08. The number of aryl methyl sites for hydroxylation is 2. The van der Waals surface area contributed by atoms with E-state index in [9.17, 15) is 0 Å². The molecule has 1 aromatic carbocycles. The van der Waals surface area contributed by atoms with Crippen LogP contribution in [0.4, 0.5) is 17.5 Å². The first kappa shape index (κ1) is 15.6. The quantitative estimate of drug-likeness (QED) is 0.722. The molecule has 0 unspecified atom stereocenters. The smallest absolute Gasteiger partial charge is 0.225 e. The molecule has 2 aromatic heterocycles. The van der Waals surface area contributed by atoms with Crippen molar-refractivity contribution in [3.63, 3.8) is 0 Å². The Hall–Kier alpha value is -2.95. The summed E-state index contributed by atoms with van der Waals surface area (Å²) in [7, 11) is 0. The summed E-state index contributed by atoms with van der Waals surface area (Å²) in [5.41, 5.74) is 5.10. The van der Waals surface area contributed by atoms with Gasteiger partial charge in [-0.05, 0) is 56.0 Å². The molecule has 5 heteroatoms. The highest BCUT2D eigenvalue weighted by molar-refractivity contribution is 5.67. The summed E-state index contributed by atoms with van der Waals surface area (Å²) in [5, 5.41) is 6.83. The van der Waals surface area contributed by atoms with E-state index in [0.717, 1.165) is 22.9 Å². The highest BCUT2D eigenvalue weighted by atomic mass is 15.2. The molecule has 0 aliphatic heterocycles. The van der Waals surface area contributed by atoms with Gasteiger partial charge in [0.2, 0.25) is 5.95 Å². The Labute approximate surface area is 147 Å². The Morgan fingerprint density at radius 2 is 1.84 bits per heavy atom. The molecule has 2 N–H and O–H groups in total. The van der Waals surface area contributed by atoms with Crippen LogP contribution < -0.4 is 10.6 Å². The topological polar surface area (TPSA) is 62.7 Å². The number of rotatable bonds is 5. The van der Waals surface area contributed by atoms with Crippen LogP contribution >= 0.6 is 0 Å². The third kappa shape index (κ3) is 3.76. The molecule has 3 aromatic rings. The zero-order valence-corrected chi connectivity index (χ0v) is 14.5. The van der Waals surface area contributed by atoms with Crippen LogP contribution in [0.25, 0.3) is 11.4 Å². The Balaban J connectivity index is 1.71. The van der Waals surface area contributed by atoms with Gasteiger partial charge in [-0.3, -0.25) is 4.98 Å². The lowest BCUT2D eigenvalue weighted by molar-refractivity contribution is 1.05. The molecule has 126 valence electrons. The fourth-order valence-corrected chi connectivity index (χ4v) is 2.64. The van der Waals surface area contributed by atoms with Crippen molar-refractivity contribution in [2.75, 3.05) is 10.6 Å². The highest BCUT2D eigenvalue weighted by Crippen LogP contribution is 2.27. The number of nitrogens with zero attached hydrogens (tertiary/aromatic N) is 3. The summed E-state index contributed by atoms with van der Waals surface area (Å²) in [5.74, 6) is 1.42. The molecule has 0 radical (unpaired) electrons. The van der Waals surface area contributed by atoms with Crippen molar-refractivity contribution in [1.29, 1.82) is 0 Å². The van der Waals surface area contributed by atoms with Crippen molar-refractivity contribution in [3.05, 3.63) is 59.8 Å². The van der Waals surface area contributed by atoms with Gasteiger partial charge in [-0.2, -0.15) is 4.98 Å². The lowest BCUT2D eigenvalue weighted by Gasteiger charge is -2.13. The summed E-state index contributed by atoms with van der Waals surface area (Å²) >= 11 is 0. The van der Waals surface area contributed by atoms with Crippen LogP contribution in [0.2, 0.25) is 0 Å². The van der Waals surface area contributed by atoms with Gasteiger partial charge in [0.05, 0.1) is 11.4 Å². The van der Waals surface area contributed by atoms with Crippen molar-refractivity contribution < 1.29 is 0 Å². The predicted molar refractivity (Wildman–Crippen MR) is 101 cm³/mol. The summed E-state index contributed by atoms with van der Waals surface area (Å²) in [4.78, 5) is 13.7. The summed E-state index contributed by atoms with van der Waals surface area (Å²) in [6.07, 6.45) is 4.14. The second-order valence-corrected chi connectivity index (χ2v) is 6.54. The van der Waals surface area contributed by atoms with E-state index in [2.05, 4.69) is 57.6 Å². The Kier molecular flexibility index (Phi) is 4.06. The van der Waals surface area contributed by atoms with Crippen molar-refractivity contribution in [3.8, 4) is 11.4 Å². The van der Waals surface area contributed by atoms with Crippen LogP contribution in [0.3, 0.4) is 0 Å². The van der Waals surface area contributed by atoms with Crippen LogP contribution in [0, 0.1) is 13.8 Å². The zero-order valence-electron chi connectivity index (χ0n) is 14.5. The number of benzene rings is 1. The molecule has 2 heterocycles. The maximum atomic E-state index is 4.64. The molecule has 1 aliphatic carbocycles. The molecule has 5 nitrogen and oxygen atoms in total. The maximum Gasteiger partial charge on any atom is 0.225 e. The third-order valence-electron chi connectivity index (χ3n) is 4.22. The first-order valence-electron chi connectivity index (χ1n) is 8.59. The molecule has 0 amide bonds. The van der Waals surface area contributed by atoms with Crippen molar-refractivity contribution >= 4 is 17.5 Å². The van der Waals surface area contributed by atoms with Gasteiger partial charge in [0.1, 0.15) is 5.82 Å². The molecule has 0 saturated heterocycles. The zero-order chi connectivity index (χ0) is 17.2. The Bertz CT molecular complexity index is 888. The molecule has 1 aliphatic rings. The van der Waals surface area contributed by atoms with E-state index in [1.54, 1.807) is 6.20 Å². The number of pyridine rings is 1. The van der Waals surface area contributed by atoms with Crippen LogP contribution in [0.5, 0.6) is 0 Å². The van der Waals surface area contributed by atoms with E-state index in [0.29, 0.717) is 12.0 Å². The van der Waals surface area contributed by atoms with Crippen LogP contribution in [-0.4, -0.2) is 21.0 Å². The van der Waals surface area contributed by atoms with Gasteiger partial charge in [0.25, 0.3) is 0 Å². The van der Waals surface area contributed by atoms with E-state index in [-0.39, 0.29) is 0 Å². The van der Waals surface area contributed by atoms with Crippen molar-refractivity contribution in [2.24, 2.45) is 0 Å². The van der Waals surface area contributed by atoms with E-state index in [4.69, 9.17) is 0 Å². The van der Waals surface area contributed by atoms with E-state index < -0.39 is 0 Å². The van der Waals surface area contributed by atoms with Gasteiger partial charge >= 0.3 is 0 Å². The molecule has 4 rings (SSSR count). The average molecular weight is 331 g/mol. The van der Waals surface area contributed by atoms with Gasteiger partial charge in [-0.1, -0.05) is 18.2 Å². The normalized spacial score (nSPS) is 13.5. The van der Waals surface area contributed by atoms with Gasteiger partial charge in [0, 0.05) is 24.0 Å². The first-order chi connectivity index (χ1) is 12.2. The third-order valence-corrected chi connectivity index (χ3v) is 4.22. The Morgan fingerprint density at radius 3 is 2.60 bits per heavy atom. The molecule has 1 saturated carbocycles. The number of anilines is 3. The van der Waals surface area contributed by atoms with Crippen LogP contribution in [0.1, 0.15) is 24.0 Å². The van der Waals surface area contributed by atoms with Gasteiger partial charge < -0.3 is 10.6 Å². The average Bonchev–Trinajstić information content (AvgIpc) is 3.43. The largest absolute Gasteiger partial charge is 0.351 e. The monoisotopic (exact) mass is 331 g/mol. The van der Waals surface area contributed by atoms with Crippen LogP contribution in [0.15, 0.2) is 48.7 Å². The fraction of sp³-hybridized carbons (Fsp3) is 0.250. The standard InChI is InChI=1S/C20H21N5/c1-13-6-7-14(2)17(11-13)23-19-12-18(16-5-3-4-10-21-16)24-20(25-19)22-15-8-9-15/h3-7,10-12,15H,8-9H2,1-2H3,(H2,22,23,24,25). The number of hydrogen-bond donors (Lipinski definition) is 2. The summed E-state index contributed by atoms with van der Waals surface area (Å²) < 4.78 is 0. The highest BCUT2D eigenvalue weighted by Gasteiger charge is 2.22. The summed E-state index contributed by atoms with van der Waals surface area (Å²) in [6, 6.07) is 14.6.